The first kappa shape index (κ1) is 12.2. The second-order valence-corrected chi connectivity index (χ2v) is 4.32. The van der Waals surface area contributed by atoms with Gasteiger partial charge in [0, 0.05) is 6.04 Å². The molecule has 2 atom stereocenters. The SMILES string of the molecule is CC(O)CC(C)Nc1nc[nH]c(=O)c1Br. The maximum atomic E-state index is 11.2. The second kappa shape index (κ2) is 5.27. The lowest BCUT2D eigenvalue weighted by Gasteiger charge is -2.16. The Hall–Kier alpha value is -0.880. The second-order valence-electron chi connectivity index (χ2n) is 3.52. The van der Waals surface area contributed by atoms with Crippen molar-refractivity contribution in [2.24, 2.45) is 0 Å². The van der Waals surface area contributed by atoms with Crippen molar-refractivity contribution < 1.29 is 5.11 Å². The molecule has 0 aromatic carbocycles. The summed E-state index contributed by atoms with van der Waals surface area (Å²) in [5.74, 6) is 0.493. The van der Waals surface area contributed by atoms with Gasteiger partial charge in [-0.2, -0.15) is 0 Å². The van der Waals surface area contributed by atoms with Crippen LogP contribution in [0.1, 0.15) is 20.3 Å². The van der Waals surface area contributed by atoms with Gasteiger partial charge in [0.2, 0.25) is 0 Å². The summed E-state index contributed by atoms with van der Waals surface area (Å²) in [4.78, 5) is 17.7. The van der Waals surface area contributed by atoms with Crippen LogP contribution in [-0.2, 0) is 0 Å². The third kappa shape index (κ3) is 3.64. The number of H-pyrrole nitrogens is 1. The Bertz CT molecular complexity index is 378. The summed E-state index contributed by atoms with van der Waals surface area (Å²) in [6, 6.07) is 0.0515. The maximum absolute atomic E-state index is 11.2. The van der Waals surface area contributed by atoms with Gasteiger partial charge in [0.1, 0.15) is 10.3 Å². The third-order valence-electron chi connectivity index (χ3n) is 1.87. The minimum absolute atomic E-state index is 0.0515. The molecule has 0 radical (unpaired) electrons. The number of aromatic nitrogens is 2. The highest BCUT2D eigenvalue weighted by molar-refractivity contribution is 9.10. The van der Waals surface area contributed by atoms with Crippen LogP contribution >= 0.6 is 15.9 Å². The first-order chi connectivity index (χ1) is 7.00. The number of aromatic amines is 1. The van der Waals surface area contributed by atoms with Crippen LogP contribution in [0.2, 0.25) is 0 Å². The van der Waals surface area contributed by atoms with Crippen LogP contribution in [0, 0.1) is 0 Å². The van der Waals surface area contributed by atoms with Gasteiger partial charge >= 0.3 is 0 Å². The van der Waals surface area contributed by atoms with Crippen molar-refractivity contribution in [2.45, 2.75) is 32.4 Å². The molecule has 0 fully saturated rings. The molecule has 0 aliphatic rings. The number of rotatable bonds is 4. The zero-order valence-corrected chi connectivity index (χ0v) is 10.2. The standard InChI is InChI=1S/C9H14BrN3O2/c1-5(3-6(2)14)13-8-7(10)9(15)12-4-11-8/h4-6,14H,3H2,1-2H3,(H2,11,12,13,15). The summed E-state index contributed by atoms with van der Waals surface area (Å²) in [6.07, 6.45) is 1.55. The van der Waals surface area contributed by atoms with Crippen LogP contribution < -0.4 is 10.9 Å². The summed E-state index contributed by atoms with van der Waals surface area (Å²) >= 11 is 3.14. The molecule has 1 aromatic rings. The number of nitrogens with zero attached hydrogens (tertiary/aromatic N) is 1. The summed E-state index contributed by atoms with van der Waals surface area (Å²) in [5, 5.41) is 12.2. The molecule has 0 spiro atoms. The highest BCUT2D eigenvalue weighted by Crippen LogP contribution is 2.15. The van der Waals surface area contributed by atoms with Crippen molar-refractivity contribution in [3.63, 3.8) is 0 Å². The summed E-state index contributed by atoms with van der Waals surface area (Å²) in [6.45, 7) is 3.64. The molecule has 0 aliphatic heterocycles. The molecule has 1 heterocycles. The van der Waals surface area contributed by atoms with Gasteiger partial charge in [-0.15, -0.1) is 0 Å². The van der Waals surface area contributed by atoms with Crippen molar-refractivity contribution in [1.29, 1.82) is 0 Å². The molecule has 6 heteroatoms. The molecule has 3 N–H and O–H groups in total. The van der Waals surface area contributed by atoms with E-state index in [4.69, 9.17) is 0 Å². The minimum Gasteiger partial charge on any atom is -0.393 e. The van der Waals surface area contributed by atoms with Crippen molar-refractivity contribution >= 4 is 21.7 Å². The fourth-order valence-electron chi connectivity index (χ4n) is 1.29. The van der Waals surface area contributed by atoms with E-state index >= 15 is 0 Å². The zero-order chi connectivity index (χ0) is 11.4. The van der Waals surface area contributed by atoms with Crippen LogP contribution in [0.4, 0.5) is 5.82 Å². The Morgan fingerprint density at radius 2 is 2.33 bits per heavy atom. The van der Waals surface area contributed by atoms with Crippen molar-refractivity contribution in [2.75, 3.05) is 5.32 Å². The molecule has 0 bridgehead atoms. The summed E-state index contributed by atoms with van der Waals surface area (Å²) in [7, 11) is 0. The van der Waals surface area contributed by atoms with Gasteiger partial charge < -0.3 is 15.4 Å². The molecule has 0 aliphatic carbocycles. The van der Waals surface area contributed by atoms with Gasteiger partial charge in [0.15, 0.2) is 0 Å². The molecule has 2 unspecified atom stereocenters. The molecule has 0 saturated heterocycles. The lowest BCUT2D eigenvalue weighted by molar-refractivity contribution is 0.179. The predicted octanol–water partition coefficient (Wildman–Crippen LogP) is 1.10. The largest absolute Gasteiger partial charge is 0.393 e. The highest BCUT2D eigenvalue weighted by atomic mass is 79.9. The molecule has 1 rings (SSSR count). The van der Waals surface area contributed by atoms with Crippen LogP contribution in [0.3, 0.4) is 0 Å². The van der Waals surface area contributed by atoms with Gasteiger partial charge in [-0.05, 0) is 36.2 Å². The van der Waals surface area contributed by atoms with E-state index in [9.17, 15) is 9.90 Å². The lowest BCUT2D eigenvalue weighted by atomic mass is 10.1. The molecular formula is C9H14BrN3O2. The average Bonchev–Trinajstić information content (AvgIpc) is 2.11. The quantitative estimate of drug-likeness (QED) is 0.769. The van der Waals surface area contributed by atoms with Gasteiger partial charge in [-0.1, -0.05) is 0 Å². The molecule has 15 heavy (non-hydrogen) atoms. The van der Waals surface area contributed by atoms with E-state index in [-0.39, 0.29) is 17.7 Å². The van der Waals surface area contributed by atoms with Crippen LogP contribution in [0.15, 0.2) is 15.6 Å². The smallest absolute Gasteiger partial charge is 0.267 e. The van der Waals surface area contributed by atoms with E-state index in [0.29, 0.717) is 16.7 Å². The number of nitrogens with one attached hydrogen (secondary N) is 2. The number of aliphatic hydroxyl groups is 1. The van der Waals surface area contributed by atoms with E-state index in [0.717, 1.165) is 0 Å². The lowest BCUT2D eigenvalue weighted by Crippen LogP contribution is -2.23. The molecule has 1 aromatic heterocycles. The normalized spacial score (nSPS) is 14.7. The Kier molecular flexibility index (Phi) is 4.28. The molecule has 5 nitrogen and oxygen atoms in total. The predicted molar refractivity (Wildman–Crippen MR) is 61.9 cm³/mol. The maximum Gasteiger partial charge on any atom is 0.267 e. The van der Waals surface area contributed by atoms with E-state index in [2.05, 4.69) is 31.2 Å². The Labute approximate surface area is 96.1 Å². The molecule has 84 valence electrons. The first-order valence-corrected chi connectivity index (χ1v) is 5.47. The Morgan fingerprint density at radius 3 is 2.93 bits per heavy atom. The number of anilines is 1. The topological polar surface area (TPSA) is 78.0 Å². The van der Waals surface area contributed by atoms with Gasteiger partial charge in [-0.25, -0.2) is 4.98 Å². The van der Waals surface area contributed by atoms with Gasteiger partial charge in [0.25, 0.3) is 5.56 Å². The van der Waals surface area contributed by atoms with Crippen molar-refractivity contribution in [1.82, 2.24) is 9.97 Å². The number of halogens is 1. The number of hydrogen-bond acceptors (Lipinski definition) is 4. The van der Waals surface area contributed by atoms with E-state index in [1.54, 1.807) is 6.92 Å². The Morgan fingerprint density at radius 1 is 1.67 bits per heavy atom. The fraction of sp³-hybridized carbons (Fsp3) is 0.556. The van der Waals surface area contributed by atoms with Gasteiger partial charge in [-0.3, -0.25) is 4.79 Å². The molecule has 0 saturated carbocycles. The third-order valence-corrected chi connectivity index (χ3v) is 2.61. The fourth-order valence-corrected chi connectivity index (χ4v) is 1.62. The number of aliphatic hydroxyl groups excluding tert-OH is 1. The summed E-state index contributed by atoms with van der Waals surface area (Å²) in [5.41, 5.74) is -0.225. The Balaban J connectivity index is 2.72. The van der Waals surface area contributed by atoms with Crippen molar-refractivity contribution in [3.8, 4) is 0 Å². The minimum atomic E-state index is -0.381. The van der Waals surface area contributed by atoms with E-state index in [1.165, 1.54) is 6.33 Å². The van der Waals surface area contributed by atoms with Gasteiger partial charge in [0.05, 0.1) is 12.4 Å². The average molecular weight is 276 g/mol. The van der Waals surface area contributed by atoms with Crippen molar-refractivity contribution in [3.05, 3.63) is 21.2 Å². The molecular weight excluding hydrogens is 262 g/mol. The van der Waals surface area contributed by atoms with Crippen LogP contribution in [0.25, 0.3) is 0 Å². The highest BCUT2D eigenvalue weighted by Gasteiger charge is 2.10. The first-order valence-electron chi connectivity index (χ1n) is 4.68. The zero-order valence-electron chi connectivity index (χ0n) is 8.62. The molecule has 0 amide bonds. The van der Waals surface area contributed by atoms with Crippen LogP contribution in [-0.4, -0.2) is 27.2 Å². The number of hydrogen-bond donors (Lipinski definition) is 3. The van der Waals surface area contributed by atoms with Crippen LogP contribution in [0.5, 0.6) is 0 Å². The monoisotopic (exact) mass is 275 g/mol. The van der Waals surface area contributed by atoms with E-state index in [1.807, 2.05) is 6.92 Å². The summed E-state index contributed by atoms with van der Waals surface area (Å²) < 4.78 is 0.377. The van der Waals surface area contributed by atoms with E-state index < -0.39 is 0 Å².